The number of para-hydroxylation sites is 1. The second kappa shape index (κ2) is 27.8. The van der Waals surface area contributed by atoms with Gasteiger partial charge < -0.3 is 74.2 Å². The van der Waals surface area contributed by atoms with E-state index >= 15 is 0 Å². The smallest absolute Gasteiger partial charge is 0.246 e. The summed E-state index contributed by atoms with van der Waals surface area (Å²) in [5.74, 6) is -6.71. The first-order chi connectivity index (χ1) is 39.6. The van der Waals surface area contributed by atoms with Crippen LogP contribution in [0.3, 0.4) is 0 Å². The molecule has 8 rings (SSSR count). The maximum atomic E-state index is 14.8. The van der Waals surface area contributed by atoms with E-state index in [-0.39, 0.29) is 77.0 Å². The molecule has 15 N–H and O–H groups in total. The van der Waals surface area contributed by atoms with E-state index in [2.05, 4.69) is 57.2 Å². The monoisotopic (exact) mass is 1120 g/mol. The lowest BCUT2D eigenvalue weighted by atomic mass is 10.0. The number of aromatic amines is 2. The third kappa shape index (κ3) is 15.2. The number of carbonyl (C=O) groups is 9. The van der Waals surface area contributed by atoms with Crippen LogP contribution in [0.25, 0.3) is 10.9 Å². The van der Waals surface area contributed by atoms with E-state index in [1.807, 2.05) is 24.3 Å². The maximum Gasteiger partial charge on any atom is 0.246 e. The highest BCUT2D eigenvalue weighted by atomic mass is 16.2. The lowest BCUT2D eigenvalue weighted by Crippen LogP contribution is -2.61. The van der Waals surface area contributed by atoms with Crippen LogP contribution in [-0.4, -0.2) is 164 Å². The van der Waals surface area contributed by atoms with Crippen molar-refractivity contribution in [3.63, 3.8) is 0 Å². The lowest BCUT2D eigenvalue weighted by Gasteiger charge is -2.33. The molecule has 0 radical (unpaired) electrons. The zero-order chi connectivity index (χ0) is 58.3. The van der Waals surface area contributed by atoms with Crippen molar-refractivity contribution in [3.8, 4) is 0 Å². The number of aliphatic imine (C=N–C) groups is 1. The van der Waals surface area contributed by atoms with Gasteiger partial charge in [0.25, 0.3) is 0 Å². The first-order valence-electron chi connectivity index (χ1n) is 27.7. The summed E-state index contributed by atoms with van der Waals surface area (Å²) in [5, 5.41) is 20.1. The number of nitrogens with one attached hydrogen (secondary N) is 9. The van der Waals surface area contributed by atoms with Gasteiger partial charge in [-0.15, -0.1) is 0 Å². The molecular weight excluding hydrogens is 1050 g/mol. The number of nitrogens with two attached hydrogens (primary N) is 3. The van der Waals surface area contributed by atoms with Crippen LogP contribution in [0, 0.1) is 0 Å². The minimum Gasteiger partial charge on any atom is -0.370 e. The van der Waals surface area contributed by atoms with Crippen molar-refractivity contribution in [2.45, 2.75) is 126 Å². The molecular formula is C57H72N16O9. The van der Waals surface area contributed by atoms with Gasteiger partial charge in [0.2, 0.25) is 53.2 Å². The van der Waals surface area contributed by atoms with Gasteiger partial charge in [-0.25, -0.2) is 4.98 Å². The van der Waals surface area contributed by atoms with Gasteiger partial charge in [0.1, 0.15) is 54.4 Å². The number of aromatic nitrogens is 3. The van der Waals surface area contributed by atoms with Crippen molar-refractivity contribution in [2.24, 2.45) is 22.2 Å². The summed E-state index contributed by atoms with van der Waals surface area (Å²) in [6, 6.07) is 13.6. The highest BCUT2D eigenvalue weighted by Gasteiger charge is 2.45. The molecule has 0 spiro atoms. The molecule has 5 heterocycles. The SMILES string of the molecule is C[C@@H]1NC(=O)[C@H](CN)NC(=O)[C@H](Cc2c[nH]c3ccccc23)NC(=O)[C@H](CCCN=C(N)N)NC(=O)[C@@H](Cc2ccccc2)NC(=O)[C@H](Cc2cnc[nH]2)NC(=O)[C@@H]2CCCN2C(=O)[C@H]2CCCN2C(=O)[C@H](Cc2ccccc2)NC1=O. The van der Waals surface area contributed by atoms with E-state index in [0.717, 1.165) is 10.9 Å². The van der Waals surface area contributed by atoms with Gasteiger partial charge in [-0.1, -0.05) is 78.9 Å². The average Bonchev–Trinajstić information content (AvgIpc) is 4.50. The van der Waals surface area contributed by atoms with Gasteiger partial charge in [-0.05, 0) is 68.2 Å². The number of H-pyrrole nitrogens is 2. The Morgan fingerprint density at radius 2 is 1.09 bits per heavy atom. The molecule has 3 aliphatic heterocycles. The zero-order valence-corrected chi connectivity index (χ0v) is 45.6. The summed E-state index contributed by atoms with van der Waals surface area (Å²) in [7, 11) is 0. The molecule has 3 aromatic carbocycles. The highest BCUT2D eigenvalue weighted by Crippen LogP contribution is 2.27. The standard InChI is InChI=1S/C57H72N16O9/c1-33-48(74)70-44(26-35-15-6-3-7-16-35)55(81)73-24-12-21-47(73)56(82)72-23-11-20-46(72)54(80)69-43(28-37-31-61-32-64-37)52(78)67-41(25-34-13-4-2-5-14-34)50(76)66-40(19-10-22-62-57(59)60)49(75)68-42(51(77)71-45(29-58)53(79)65-33)27-36-30-63-39-18-9-8-17-38(36)39/h2-9,13-18,30-33,40-47,63H,10-12,19-29,58H2,1H3,(H,61,64)(H,65,79)(H,66,76)(H,67,78)(H,68,75)(H,69,80)(H,70,74)(H,71,77)(H4,59,60,62)/t33-,40-,41+,42-,43-,44-,45-,46-,47+/m0/s1. The number of hydrogen-bond donors (Lipinski definition) is 12. The molecule has 0 unspecified atom stereocenters. The van der Waals surface area contributed by atoms with Gasteiger partial charge in [0, 0.05) is 80.9 Å². The second-order valence-electron chi connectivity index (χ2n) is 20.9. The predicted octanol–water partition coefficient (Wildman–Crippen LogP) is -1.42. The summed E-state index contributed by atoms with van der Waals surface area (Å²) in [6.45, 7) is 1.37. The molecule has 0 aliphatic carbocycles. The Balaban J connectivity index is 1.16. The van der Waals surface area contributed by atoms with Gasteiger partial charge in [-0.3, -0.25) is 48.1 Å². The van der Waals surface area contributed by atoms with Crippen LogP contribution >= 0.6 is 0 Å². The number of rotatable bonds is 13. The van der Waals surface area contributed by atoms with Crippen molar-refractivity contribution in [3.05, 3.63) is 126 Å². The molecule has 82 heavy (non-hydrogen) atoms. The van der Waals surface area contributed by atoms with Crippen LogP contribution in [0.5, 0.6) is 0 Å². The molecule has 25 heteroatoms. The van der Waals surface area contributed by atoms with E-state index in [1.165, 1.54) is 29.2 Å². The number of benzene rings is 3. The number of imidazole rings is 1. The second-order valence-corrected chi connectivity index (χ2v) is 20.9. The molecule has 5 aromatic rings. The fraction of sp³-hybridized carbons (Fsp3) is 0.421. The lowest BCUT2D eigenvalue weighted by molar-refractivity contribution is -0.148. The Hall–Kier alpha value is -9.13. The predicted molar refractivity (Wildman–Crippen MR) is 302 cm³/mol. The molecule has 25 nitrogen and oxygen atoms in total. The summed E-state index contributed by atoms with van der Waals surface area (Å²) in [5.41, 5.74) is 20.6. The quantitative estimate of drug-likeness (QED) is 0.0367. The van der Waals surface area contributed by atoms with Crippen LogP contribution in [0.1, 0.15) is 67.8 Å². The van der Waals surface area contributed by atoms with Crippen LogP contribution in [-0.2, 0) is 68.8 Å². The Bertz CT molecular complexity index is 3100. The maximum absolute atomic E-state index is 14.8. The van der Waals surface area contributed by atoms with Crippen LogP contribution in [0.4, 0.5) is 0 Å². The molecule has 9 atom stereocenters. The zero-order valence-electron chi connectivity index (χ0n) is 45.6. The molecule has 0 bridgehead atoms. The van der Waals surface area contributed by atoms with Crippen LogP contribution in [0.15, 0.2) is 109 Å². The molecule has 3 saturated heterocycles. The molecule has 3 aliphatic rings. The van der Waals surface area contributed by atoms with Crippen LogP contribution in [0.2, 0.25) is 0 Å². The molecule has 0 saturated carbocycles. The third-order valence-electron chi connectivity index (χ3n) is 15.0. The molecule has 434 valence electrons. The Morgan fingerprint density at radius 3 is 1.72 bits per heavy atom. The summed E-state index contributed by atoms with van der Waals surface area (Å²) < 4.78 is 0. The van der Waals surface area contributed by atoms with E-state index in [1.54, 1.807) is 66.9 Å². The summed E-state index contributed by atoms with van der Waals surface area (Å²) in [4.78, 5) is 149. The average molecular weight is 1130 g/mol. The van der Waals surface area contributed by atoms with Gasteiger partial charge in [0.05, 0.1) is 6.33 Å². The molecule has 9 amide bonds. The van der Waals surface area contributed by atoms with Crippen molar-refractivity contribution in [1.29, 1.82) is 0 Å². The number of guanidine groups is 1. The van der Waals surface area contributed by atoms with Crippen molar-refractivity contribution >= 4 is 70.0 Å². The number of carbonyl (C=O) groups excluding carboxylic acids is 9. The summed E-state index contributed by atoms with van der Waals surface area (Å²) >= 11 is 0. The van der Waals surface area contributed by atoms with E-state index in [4.69, 9.17) is 17.2 Å². The topological polar surface area (TPSA) is 379 Å². The third-order valence-corrected chi connectivity index (χ3v) is 15.0. The minimum atomic E-state index is -1.45. The van der Waals surface area contributed by atoms with Crippen molar-refractivity contribution in [2.75, 3.05) is 26.2 Å². The molecule has 2 aromatic heterocycles. The molecule has 3 fully saturated rings. The fourth-order valence-electron chi connectivity index (χ4n) is 10.7. The number of fused-ring (bicyclic) bond motifs is 3. The van der Waals surface area contributed by atoms with E-state index in [0.29, 0.717) is 35.2 Å². The van der Waals surface area contributed by atoms with E-state index in [9.17, 15) is 43.2 Å². The Labute approximate surface area is 473 Å². The number of nitrogens with zero attached hydrogens (tertiary/aromatic N) is 4. The number of amides is 9. The minimum absolute atomic E-state index is 0.0213. The van der Waals surface area contributed by atoms with Crippen molar-refractivity contribution in [1.82, 2.24) is 62.0 Å². The Kier molecular flexibility index (Phi) is 20.0. The van der Waals surface area contributed by atoms with Crippen LogP contribution < -0.4 is 54.4 Å². The van der Waals surface area contributed by atoms with Gasteiger partial charge in [-0.2, -0.15) is 0 Å². The first kappa shape index (κ1) is 59.0. The first-order valence-corrected chi connectivity index (χ1v) is 27.7. The van der Waals surface area contributed by atoms with Crippen molar-refractivity contribution < 1.29 is 43.2 Å². The fourth-order valence-corrected chi connectivity index (χ4v) is 10.7. The normalized spacial score (nSPS) is 24.9. The van der Waals surface area contributed by atoms with Gasteiger partial charge >= 0.3 is 0 Å². The highest BCUT2D eigenvalue weighted by molar-refractivity contribution is 6.00. The van der Waals surface area contributed by atoms with E-state index < -0.39 is 114 Å². The largest absolute Gasteiger partial charge is 0.370 e. The van der Waals surface area contributed by atoms with Gasteiger partial charge in [0.15, 0.2) is 5.96 Å². The Morgan fingerprint density at radius 1 is 0.561 bits per heavy atom. The summed E-state index contributed by atoms with van der Waals surface area (Å²) in [6.07, 6.45) is 5.79. The number of hydrogen-bond acceptors (Lipinski definition) is 12.